The third-order valence-corrected chi connectivity index (χ3v) is 5.46. The summed E-state index contributed by atoms with van der Waals surface area (Å²) < 4.78 is 10.9. The molecule has 0 saturated carbocycles. The molecule has 0 fully saturated rings. The van der Waals surface area contributed by atoms with Crippen molar-refractivity contribution in [3.05, 3.63) is 59.7 Å². The van der Waals surface area contributed by atoms with E-state index in [4.69, 9.17) is 9.47 Å². The highest BCUT2D eigenvalue weighted by atomic mass is 16.5. The highest BCUT2D eigenvalue weighted by molar-refractivity contribution is 5.87. The van der Waals surface area contributed by atoms with Gasteiger partial charge in [0.25, 0.3) is 0 Å². The van der Waals surface area contributed by atoms with Gasteiger partial charge in [-0.05, 0) is 62.1 Å². The zero-order valence-corrected chi connectivity index (χ0v) is 19.7. The van der Waals surface area contributed by atoms with Crippen LogP contribution < -0.4 is 14.8 Å². The molecule has 0 aliphatic rings. The van der Waals surface area contributed by atoms with E-state index in [-0.39, 0.29) is 11.8 Å². The molecule has 6 heteroatoms. The van der Waals surface area contributed by atoms with E-state index in [1.54, 1.807) is 18.9 Å². The molecule has 6 nitrogen and oxygen atoms in total. The molecule has 2 aromatic carbocycles. The van der Waals surface area contributed by atoms with E-state index in [1.807, 2.05) is 55.5 Å². The van der Waals surface area contributed by atoms with E-state index < -0.39 is 6.04 Å². The first-order valence-corrected chi connectivity index (χ1v) is 11.3. The average Bonchev–Trinajstić information content (AvgIpc) is 2.81. The van der Waals surface area contributed by atoms with Gasteiger partial charge in [0.2, 0.25) is 11.8 Å². The van der Waals surface area contributed by atoms with Gasteiger partial charge >= 0.3 is 0 Å². The molecular formula is C26H36N2O4. The Morgan fingerprint density at radius 3 is 2.38 bits per heavy atom. The Bertz CT molecular complexity index is 851. The van der Waals surface area contributed by atoms with Crippen molar-refractivity contribution < 1.29 is 19.1 Å². The van der Waals surface area contributed by atoms with Gasteiger partial charge in [0.1, 0.15) is 17.5 Å². The van der Waals surface area contributed by atoms with E-state index in [0.717, 1.165) is 35.5 Å². The normalized spacial score (nSPS) is 11.5. The maximum absolute atomic E-state index is 13.1. The quantitative estimate of drug-likeness (QED) is 0.466. The Labute approximate surface area is 191 Å². The molecule has 1 N–H and O–H groups in total. The Kier molecular flexibility index (Phi) is 10.6. The second-order valence-electron chi connectivity index (χ2n) is 7.90. The predicted molar refractivity (Wildman–Crippen MR) is 127 cm³/mol. The molecule has 0 spiro atoms. The first-order chi connectivity index (χ1) is 15.5. The van der Waals surface area contributed by atoms with Crippen LogP contribution in [0, 0.1) is 6.92 Å². The topological polar surface area (TPSA) is 67.9 Å². The number of nitrogens with zero attached hydrogens (tertiary/aromatic N) is 1. The lowest BCUT2D eigenvalue weighted by Crippen LogP contribution is -2.47. The number of methoxy groups -OCH3 is 1. The van der Waals surface area contributed by atoms with Crippen LogP contribution >= 0.6 is 0 Å². The summed E-state index contributed by atoms with van der Waals surface area (Å²) in [6.45, 7) is 7.36. The molecular weight excluding hydrogens is 404 g/mol. The number of hydrogen-bond donors (Lipinski definition) is 1. The van der Waals surface area contributed by atoms with Crippen LogP contribution in [-0.2, 0) is 16.1 Å². The maximum Gasteiger partial charge on any atom is 0.242 e. The molecule has 0 aromatic heterocycles. The molecule has 0 aliphatic heterocycles. The van der Waals surface area contributed by atoms with Crippen LogP contribution in [0.1, 0.15) is 50.7 Å². The second kappa shape index (κ2) is 13.4. The summed E-state index contributed by atoms with van der Waals surface area (Å²) in [5, 5.41) is 2.95. The van der Waals surface area contributed by atoms with Gasteiger partial charge in [-0.2, -0.15) is 0 Å². The molecule has 2 aromatic rings. The van der Waals surface area contributed by atoms with E-state index in [2.05, 4.69) is 12.2 Å². The van der Waals surface area contributed by atoms with E-state index in [0.29, 0.717) is 32.5 Å². The van der Waals surface area contributed by atoms with Gasteiger partial charge in [-0.3, -0.25) is 9.59 Å². The number of benzene rings is 2. The number of hydrogen-bond acceptors (Lipinski definition) is 4. The van der Waals surface area contributed by atoms with Crippen LogP contribution in [0.15, 0.2) is 48.5 Å². The Morgan fingerprint density at radius 1 is 1.03 bits per heavy atom. The summed E-state index contributed by atoms with van der Waals surface area (Å²) in [6.07, 6.45) is 2.82. The minimum absolute atomic E-state index is 0.0512. The summed E-state index contributed by atoms with van der Waals surface area (Å²) >= 11 is 0. The van der Waals surface area contributed by atoms with Crippen molar-refractivity contribution >= 4 is 11.8 Å². The summed E-state index contributed by atoms with van der Waals surface area (Å²) in [6, 6.07) is 14.8. The fraction of sp³-hybridized carbons (Fsp3) is 0.462. The van der Waals surface area contributed by atoms with Gasteiger partial charge in [-0.15, -0.1) is 0 Å². The summed E-state index contributed by atoms with van der Waals surface area (Å²) in [4.78, 5) is 27.4. The molecule has 1 atom stereocenters. The van der Waals surface area contributed by atoms with Gasteiger partial charge in [0.05, 0.1) is 13.7 Å². The van der Waals surface area contributed by atoms with Crippen molar-refractivity contribution in [1.29, 1.82) is 0 Å². The van der Waals surface area contributed by atoms with E-state index in [1.165, 1.54) is 0 Å². The SMILES string of the molecule is CCCCNC(=O)[C@@H](C)N(Cc1ccccc1C)C(=O)CCCOc1ccc(OC)cc1. The van der Waals surface area contributed by atoms with Gasteiger partial charge < -0.3 is 19.7 Å². The van der Waals surface area contributed by atoms with Crippen molar-refractivity contribution in [1.82, 2.24) is 10.2 Å². The Balaban J connectivity index is 1.97. The second-order valence-corrected chi connectivity index (χ2v) is 7.90. The Morgan fingerprint density at radius 2 is 1.72 bits per heavy atom. The summed E-state index contributed by atoms with van der Waals surface area (Å²) in [7, 11) is 1.62. The molecule has 0 saturated heterocycles. The number of unbranched alkanes of at least 4 members (excludes halogenated alkanes) is 1. The number of rotatable bonds is 13. The molecule has 174 valence electrons. The molecule has 0 aliphatic carbocycles. The van der Waals surface area contributed by atoms with Gasteiger partial charge in [0.15, 0.2) is 0 Å². The van der Waals surface area contributed by atoms with Crippen LogP contribution in [-0.4, -0.2) is 43.0 Å². The van der Waals surface area contributed by atoms with Crippen molar-refractivity contribution in [2.75, 3.05) is 20.3 Å². The van der Waals surface area contributed by atoms with Crippen LogP contribution in [0.2, 0.25) is 0 Å². The number of ether oxygens (including phenoxy) is 2. The van der Waals surface area contributed by atoms with Gasteiger partial charge in [0, 0.05) is 19.5 Å². The maximum atomic E-state index is 13.1. The van der Waals surface area contributed by atoms with Crippen molar-refractivity contribution in [3.63, 3.8) is 0 Å². The Hall–Kier alpha value is -3.02. The lowest BCUT2D eigenvalue weighted by Gasteiger charge is -2.29. The molecule has 0 heterocycles. The standard InChI is InChI=1S/C26H36N2O4/c1-5-6-17-27-26(30)21(3)28(19-22-11-8-7-10-20(22)2)25(29)12-9-18-32-24-15-13-23(31-4)14-16-24/h7-8,10-11,13-16,21H,5-6,9,12,17-19H2,1-4H3,(H,27,30)/t21-/m1/s1. The van der Waals surface area contributed by atoms with E-state index in [9.17, 15) is 9.59 Å². The fourth-order valence-electron chi connectivity index (χ4n) is 3.32. The lowest BCUT2D eigenvalue weighted by molar-refractivity contribution is -0.140. The van der Waals surface area contributed by atoms with Crippen molar-refractivity contribution in [2.45, 2.75) is 59.0 Å². The lowest BCUT2D eigenvalue weighted by atomic mass is 10.1. The largest absolute Gasteiger partial charge is 0.497 e. The fourth-order valence-corrected chi connectivity index (χ4v) is 3.32. The van der Waals surface area contributed by atoms with Crippen molar-refractivity contribution in [3.8, 4) is 11.5 Å². The summed E-state index contributed by atoms with van der Waals surface area (Å²) in [5.41, 5.74) is 2.15. The first kappa shape index (κ1) is 25.2. The van der Waals surface area contributed by atoms with Crippen LogP contribution in [0.3, 0.4) is 0 Å². The minimum atomic E-state index is -0.540. The molecule has 0 bridgehead atoms. The molecule has 0 unspecified atom stereocenters. The smallest absolute Gasteiger partial charge is 0.242 e. The number of carbonyl (C=O) groups excluding carboxylic acids is 2. The summed E-state index contributed by atoms with van der Waals surface area (Å²) in [5.74, 6) is 1.34. The minimum Gasteiger partial charge on any atom is -0.497 e. The van der Waals surface area contributed by atoms with Crippen LogP contribution in [0.4, 0.5) is 0 Å². The monoisotopic (exact) mass is 440 g/mol. The number of aryl methyl sites for hydroxylation is 1. The zero-order valence-electron chi connectivity index (χ0n) is 19.7. The highest BCUT2D eigenvalue weighted by Crippen LogP contribution is 2.18. The number of nitrogens with one attached hydrogen (secondary N) is 1. The average molecular weight is 441 g/mol. The number of carbonyl (C=O) groups is 2. The first-order valence-electron chi connectivity index (χ1n) is 11.3. The zero-order chi connectivity index (χ0) is 23.3. The highest BCUT2D eigenvalue weighted by Gasteiger charge is 2.26. The van der Waals surface area contributed by atoms with Crippen molar-refractivity contribution in [2.24, 2.45) is 0 Å². The molecule has 32 heavy (non-hydrogen) atoms. The van der Waals surface area contributed by atoms with Crippen LogP contribution in [0.5, 0.6) is 11.5 Å². The molecule has 2 rings (SSSR count). The third-order valence-electron chi connectivity index (χ3n) is 5.46. The van der Waals surface area contributed by atoms with Crippen LogP contribution in [0.25, 0.3) is 0 Å². The van der Waals surface area contributed by atoms with Gasteiger partial charge in [-0.1, -0.05) is 37.6 Å². The molecule has 2 amide bonds. The van der Waals surface area contributed by atoms with Gasteiger partial charge in [-0.25, -0.2) is 0 Å². The number of amides is 2. The third kappa shape index (κ3) is 7.91. The molecule has 0 radical (unpaired) electrons. The van der Waals surface area contributed by atoms with E-state index >= 15 is 0 Å². The predicted octanol–water partition coefficient (Wildman–Crippen LogP) is 4.50.